The number of carbonyl (C=O) groups is 2. The van der Waals surface area contributed by atoms with E-state index in [9.17, 15) is 24.8 Å². The van der Waals surface area contributed by atoms with Crippen molar-refractivity contribution in [3.05, 3.63) is 58.6 Å². The highest BCUT2D eigenvalue weighted by molar-refractivity contribution is 5.91. The molecule has 0 bridgehead atoms. The summed E-state index contributed by atoms with van der Waals surface area (Å²) in [7, 11) is 1.62. The van der Waals surface area contributed by atoms with Crippen LogP contribution in [-0.4, -0.2) is 57.9 Å². The molecule has 1 aliphatic carbocycles. The number of carbonyl (C=O) groups excluding carboxylic acids is 1. The molecule has 1 N–H and O–H groups in total. The highest BCUT2D eigenvalue weighted by atomic mass is 16.5. The molecule has 1 fully saturated rings. The van der Waals surface area contributed by atoms with Gasteiger partial charge in [-0.1, -0.05) is 43.2 Å². The number of fused-ring (bicyclic) bond motifs is 1. The molecular weight excluding hydrogens is 476 g/mol. The molecule has 10 nitrogen and oxygen atoms in total. The summed E-state index contributed by atoms with van der Waals surface area (Å²) in [6.45, 7) is 1.13. The number of amides is 3. The minimum atomic E-state index is -1.32. The highest BCUT2D eigenvalue weighted by Crippen LogP contribution is 2.26. The number of aromatic nitrogens is 1. The molecule has 0 atom stereocenters. The van der Waals surface area contributed by atoms with Crippen LogP contribution < -0.4 is 5.76 Å². The van der Waals surface area contributed by atoms with Crippen molar-refractivity contribution < 1.29 is 23.8 Å². The van der Waals surface area contributed by atoms with Gasteiger partial charge in [-0.3, -0.25) is 4.57 Å². The van der Waals surface area contributed by atoms with Gasteiger partial charge in [0.15, 0.2) is 11.8 Å². The predicted octanol–water partition coefficient (Wildman–Crippen LogP) is 4.67. The Morgan fingerprint density at radius 2 is 1.86 bits per heavy atom. The number of aryl methyl sites for hydroxylation is 1. The van der Waals surface area contributed by atoms with Crippen LogP contribution in [0.3, 0.4) is 0 Å². The van der Waals surface area contributed by atoms with E-state index in [0.717, 1.165) is 44.8 Å². The second-order valence-electron chi connectivity index (χ2n) is 9.12. The van der Waals surface area contributed by atoms with Gasteiger partial charge in [0.05, 0.1) is 5.52 Å². The average Bonchev–Trinajstić information content (AvgIpc) is 3.52. The van der Waals surface area contributed by atoms with E-state index in [1.54, 1.807) is 17.7 Å². The standard InChI is InChI=1S/C27H30N4O6/c1-36-16-4-14-30-23-17-21(11-12-24(23)37-27(30)35)20-9-7-19(8-10-20)13-15-29(18-28)25(32)31(26(33)34)22-5-2-3-6-22/h7-12,17,22H,2-6,13-16H2,1H3,(H,33,34). The number of benzene rings is 2. The van der Waals surface area contributed by atoms with Crippen LogP contribution in [0.5, 0.6) is 0 Å². The normalized spacial score (nSPS) is 13.5. The third kappa shape index (κ3) is 5.84. The minimum Gasteiger partial charge on any atom is -0.465 e. The van der Waals surface area contributed by atoms with Gasteiger partial charge in [0.1, 0.15) is 0 Å². The number of rotatable bonds is 9. The first kappa shape index (κ1) is 26.0. The second kappa shape index (κ2) is 11.8. The lowest BCUT2D eigenvalue weighted by atomic mass is 10.0. The summed E-state index contributed by atoms with van der Waals surface area (Å²) >= 11 is 0. The van der Waals surface area contributed by atoms with Crippen molar-refractivity contribution >= 4 is 23.2 Å². The van der Waals surface area contributed by atoms with Gasteiger partial charge in [0, 0.05) is 32.8 Å². The number of urea groups is 1. The Morgan fingerprint density at radius 1 is 1.16 bits per heavy atom. The number of hydrogen-bond acceptors (Lipinski definition) is 6. The zero-order chi connectivity index (χ0) is 26.4. The fourth-order valence-corrected chi connectivity index (χ4v) is 4.80. The van der Waals surface area contributed by atoms with Crippen molar-refractivity contribution in [2.24, 2.45) is 0 Å². The van der Waals surface area contributed by atoms with E-state index in [1.165, 1.54) is 0 Å². The Morgan fingerprint density at radius 3 is 2.51 bits per heavy atom. The van der Waals surface area contributed by atoms with Crippen LogP contribution in [0.2, 0.25) is 0 Å². The third-order valence-electron chi connectivity index (χ3n) is 6.76. The number of oxazole rings is 1. The van der Waals surface area contributed by atoms with Gasteiger partial charge in [0.2, 0.25) is 0 Å². The Kier molecular flexibility index (Phi) is 8.25. The summed E-state index contributed by atoms with van der Waals surface area (Å²) in [5, 5.41) is 19.1. The summed E-state index contributed by atoms with van der Waals surface area (Å²) in [5.74, 6) is -0.399. The zero-order valence-corrected chi connectivity index (χ0v) is 20.8. The summed E-state index contributed by atoms with van der Waals surface area (Å²) in [5.41, 5.74) is 4.01. The molecule has 0 saturated heterocycles. The van der Waals surface area contributed by atoms with Crippen molar-refractivity contribution in [2.45, 2.75) is 51.1 Å². The maximum atomic E-state index is 12.8. The number of imide groups is 1. The summed E-state index contributed by atoms with van der Waals surface area (Å²) in [6, 6.07) is 12.1. The second-order valence-corrected chi connectivity index (χ2v) is 9.12. The minimum absolute atomic E-state index is 0.0832. The molecule has 2 aromatic carbocycles. The van der Waals surface area contributed by atoms with E-state index in [1.807, 2.05) is 42.6 Å². The first-order valence-electron chi connectivity index (χ1n) is 12.4. The van der Waals surface area contributed by atoms with Crippen molar-refractivity contribution in [1.82, 2.24) is 14.4 Å². The van der Waals surface area contributed by atoms with Crippen LogP contribution in [-0.2, 0) is 17.7 Å². The largest absolute Gasteiger partial charge is 0.465 e. The first-order valence-corrected chi connectivity index (χ1v) is 12.4. The molecule has 0 aliphatic heterocycles. The van der Waals surface area contributed by atoms with Gasteiger partial charge < -0.3 is 14.3 Å². The Labute approximate surface area is 214 Å². The van der Waals surface area contributed by atoms with E-state index in [-0.39, 0.29) is 12.6 Å². The van der Waals surface area contributed by atoms with E-state index in [4.69, 9.17) is 9.15 Å². The number of ether oxygens (including phenoxy) is 1. The van der Waals surface area contributed by atoms with Gasteiger partial charge >= 0.3 is 17.9 Å². The smallest absolute Gasteiger partial charge is 0.419 e. The monoisotopic (exact) mass is 506 g/mol. The Bertz CT molecular complexity index is 1350. The SMILES string of the molecule is COCCCn1c(=O)oc2ccc(-c3ccc(CCN(C#N)C(=O)N(C(=O)O)C4CCCC4)cc3)cc21. The maximum absolute atomic E-state index is 12.8. The van der Waals surface area contributed by atoms with E-state index < -0.39 is 17.9 Å². The topological polar surface area (TPSA) is 129 Å². The molecule has 37 heavy (non-hydrogen) atoms. The maximum Gasteiger partial charge on any atom is 0.419 e. The molecule has 1 aliphatic rings. The molecule has 1 aromatic heterocycles. The van der Waals surface area contributed by atoms with Crippen molar-refractivity contribution in [3.8, 4) is 17.3 Å². The summed E-state index contributed by atoms with van der Waals surface area (Å²) in [4.78, 5) is 38.5. The van der Waals surface area contributed by atoms with Crippen LogP contribution in [0.1, 0.15) is 37.7 Å². The lowest BCUT2D eigenvalue weighted by Crippen LogP contribution is -2.49. The van der Waals surface area contributed by atoms with Crippen LogP contribution >= 0.6 is 0 Å². The zero-order valence-electron chi connectivity index (χ0n) is 20.8. The number of carboxylic acid groups (broad SMARTS) is 1. The summed E-state index contributed by atoms with van der Waals surface area (Å²) in [6.07, 6.45) is 4.63. The molecule has 0 unspecified atom stereocenters. The quantitative estimate of drug-likeness (QED) is 0.254. The molecule has 3 aromatic rings. The number of hydrogen-bond donors (Lipinski definition) is 1. The molecule has 1 saturated carbocycles. The molecule has 194 valence electrons. The van der Waals surface area contributed by atoms with Crippen LogP contribution in [0.25, 0.3) is 22.2 Å². The molecular formula is C27H30N4O6. The molecule has 3 amide bonds. The Hall–Kier alpha value is -4.10. The lowest BCUT2D eigenvalue weighted by Gasteiger charge is -2.27. The van der Waals surface area contributed by atoms with Gasteiger partial charge in [-0.25, -0.2) is 24.2 Å². The number of methoxy groups -OCH3 is 1. The van der Waals surface area contributed by atoms with E-state index in [2.05, 4.69) is 0 Å². The van der Waals surface area contributed by atoms with E-state index >= 15 is 0 Å². The van der Waals surface area contributed by atoms with Gasteiger partial charge in [-0.05, 0) is 54.5 Å². The molecule has 10 heteroatoms. The van der Waals surface area contributed by atoms with Crippen LogP contribution in [0.15, 0.2) is 51.7 Å². The van der Waals surface area contributed by atoms with Gasteiger partial charge in [-0.15, -0.1) is 0 Å². The molecule has 1 heterocycles. The lowest BCUT2D eigenvalue weighted by molar-refractivity contribution is 0.121. The van der Waals surface area contributed by atoms with Crippen LogP contribution in [0, 0.1) is 11.5 Å². The average molecular weight is 507 g/mol. The predicted molar refractivity (Wildman–Crippen MR) is 136 cm³/mol. The molecule has 0 radical (unpaired) electrons. The van der Waals surface area contributed by atoms with Gasteiger partial charge in [0.25, 0.3) is 0 Å². The van der Waals surface area contributed by atoms with Gasteiger partial charge in [-0.2, -0.15) is 5.26 Å². The first-order chi connectivity index (χ1) is 17.9. The van der Waals surface area contributed by atoms with Crippen molar-refractivity contribution in [2.75, 3.05) is 20.3 Å². The van der Waals surface area contributed by atoms with Crippen molar-refractivity contribution in [1.29, 1.82) is 5.26 Å². The van der Waals surface area contributed by atoms with Crippen molar-refractivity contribution in [3.63, 3.8) is 0 Å². The van der Waals surface area contributed by atoms with E-state index in [0.29, 0.717) is 44.4 Å². The third-order valence-corrected chi connectivity index (χ3v) is 6.76. The fourth-order valence-electron chi connectivity index (χ4n) is 4.80. The summed E-state index contributed by atoms with van der Waals surface area (Å²) < 4.78 is 12.0. The Balaban J connectivity index is 1.44. The number of nitriles is 1. The molecule has 0 spiro atoms. The molecule has 4 rings (SSSR count). The van der Waals surface area contributed by atoms with Crippen LogP contribution in [0.4, 0.5) is 9.59 Å². The highest BCUT2D eigenvalue weighted by Gasteiger charge is 2.34. The number of nitrogens with zero attached hydrogens (tertiary/aromatic N) is 4. The fraction of sp³-hybridized carbons (Fsp3) is 0.407.